The van der Waals surface area contributed by atoms with Gasteiger partial charge in [0, 0.05) is 29.9 Å². The van der Waals surface area contributed by atoms with E-state index in [0.717, 1.165) is 38.2 Å². The molecule has 1 aliphatic rings. The summed E-state index contributed by atoms with van der Waals surface area (Å²) < 4.78 is 5.38. The summed E-state index contributed by atoms with van der Waals surface area (Å²) in [5.41, 5.74) is 1.11. The highest BCUT2D eigenvalue weighted by molar-refractivity contribution is 7.12. The molecule has 1 unspecified atom stereocenters. The van der Waals surface area contributed by atoms with Crippen molar-refractivity contribution < 1.29 is 9.84 Å². The molecular weight excluding hydrogens is 234 g/mol. The average molecular weight is 255 g/mol. The number of aromatic nitrogens is 1. The van der Waals surface area contributed by atoms with Gasteiger partial charge >= 0.3 is 0 Å². The molecule has 1 aromatic heterocycles. The van der Waals surface area contributed by atoms with Crippen LogP contribution >= 0.6 is 11.3 Å². The Bertz CT molecular complexity index is 354. The van der Waals surface area contributed by atoms with Crippen LogP contribution in [0.15, 0.2) is 0 Å². The lowest BCUT2D eigenvalue weighted by atomic mass is 10.0. The van der Waals surface area contributed by atoms with Gasteiger partial charge in [0.25, 0.3) is 0 Å². The summed E-state index contributed by atoms with van der Waals surface area (Å²) >= 11 is 1.80. The maximum Gasteiger partial charge on any atom is 0.0963 e. The van der Waals surface area contributed by atoms with Crippen LogP contribution in [0.1, 0.15) is 53.6 Å². The van der Waals surface area contributed by atoms with Gasteiger partial charge in [-0.15, -0.1) is 11.3 Å². The van der Waals surface area contributed by atoms with Gasteiger partial charge in [0.2, 0.25) is 0 Å². The van der Waals surface area contributed by atoms with Crippen LogP contribution in [0.5, 0.6) is 0 Å². The number of thiazole rings is 1. The van der Waals surface area contributed by atoms with E-state index < -0.39 is 0 Å². The lowest BCUT2D eigenvalue weighted by Crippen LogP contribution is -2.13. The van der Waals surface area contributed by atoms with E-state index in [1.54, 1.807) is 11.3 Å². The molecule has 2 heterocycles. The fourth-order valence-corrected chi connectivity index (χ4v) is 3.74. The van der Waals surface area contributed by atoms with Crippen LogP contribution in [-0.2, 0) is 4.74 Å². The highest BCUT2D eigenvalue weighted by atomic mass is 32.1. The molecule has 1 aromatic rings. The molecule has 1 saturated heterocycles. The largest absolute Gasteiger partial charge is 0.396 e. The van der Waals surface area contributed by atoms with E-state index in [4.69, 9.17) is 9.72 Å². The summed E-state index contributed by atoms with van der Waals surface area (Å²) in [5.74, 6) is 0.832. The van der Waals surface area contributed by atoms with E-state index in [1.165, 1.54) is 9.88 Å². The van der Waals surface area contributed by atoms with E-state index in [2.05, 4.69) is 13.8 Å². The Morgan fingerprint density at radius 3 is 2.76 bits per heavy atom. The summed E-state index contributed by atoms with van der Waals surface area (Å²) in [6.45, 7) is 6.12. The van der Waals surface area contributed by atoms with Crippen molar-refractivity contribution in [3.63, 3.8) is 0 Å². The van der Waals surface area contributed by atoms with Crippen LogP contribution in [0.4, 0.5) is 0 Å². The molecular formula is C13H21NO2S. The Morgan fingerprint density at radius 1 is 1.47 bits per heavy atom. The van der Waals surface area contributed by atoms with Crippen molar-refractivity contribution in [3.05, 3.63) is 15.6 Å². The Labute approximate surface area is 107 Å². The topological polar surface area (TPSA) is 42.4 Å². The van der Waals surface area contributed by atoms with Crippen LogP contribution in [0, 0.1) is 6.92 Å². The molecule has 0 amide bonds. The Balaban J connectivity index is 2.16. The first kappa shape index (κ1) is 13.0. The van der Waals surface area contributed by atoms with Crippen molar-refractivity contribution >= 4 is 11.3 Å². The second-order valence-electron chi connectivity index (χ2n) is 4.68. The van der Waals surface area contributed by atoms with E-state index >= 15 is 0 Å². The van der Waals surface area contributed by atoms with Gasteiger partial charge in [-0.3, -0.25) is 0 Å². The normalized spacial score (nSPS) is 19.5. The van der Waals surface area contributed by atoms with Gasteiger partial charge in [-0.2, -0.15) is 0 Å². The Kier molecular flexibility index (Phi) is 4.54. The molecule has 96 valence electrons. The average Bonchev–Trinajstić information content (AvgIpc) is 2.75. The second kappa shape index (κ2) is 5.94. The highest BCUT2D eigenvalue weighted by Crippen LogP contribution is 2.35. The SMILES string of the molecule is CCC(CO)c1sc(C2CCOCC2)nc1C. The molecule has 4 heteroatoms. The molecule has 1 aliphatic heterocycles. The van der Waals surface area contributed by atoms with Gasteiger partial charge in [-0.05, 0) is 26.2 Å². The van der Waals surface area contributed by atoms with Crippen LogP contribution < -0.4 is 0 Å². The number of aliphatic hydroxyl groups excluding tert-OH is 1. The summed E-state index contributed by atoms with van der Waals surface area (Å²) in [4.78, 5) is 5.98. The third-order valence-corrected chi connectivity index (χ3v) is 4.99. The zero-order chi connectivity index (χ0) is 12.3. The van der Waals surface area contributed by atoms with Gasteiger partial charge in [0.15, 0.2) is 0 Å². The molecule has 0 bridgehead atoms. The van der Waals surface area contributed by atoms with Gasteiger partial charge in [-0.25, -0.2) is 4.98 Å². The predicted molar refractivity (Wildman–Crippen MR) is 69.8 cm³/mol. The molecule has 17 heavy (non-hydrogen) atoms. The summed E-state index contributed by atoms with van der Waals surface area (Å²) in [6.07, 6.45) is 3.15. The van der Waals surface area contributed by atoms with Gasteiger partial charge < -0.3 is 9.84 Å². The lowest BCUT2D eigenvalue weighted by molar-refractivity contribution is 0.0852. The third-order valence-electron chi connectivity index (χ3n) is 3.50. The number of aliphatic hydroxyl groups is 1. The minimum Gasteiger partial charge on any atom is -0.396 e. The van der Waals surface area contributed by atoms with Crippen molar-refractivity contribution in [3.8, 4) is 0 Å². The van der Waals surface area contributed by atoms with E-state index in [1.807, 2.05) is 0 Å². The van der Waals surface area contributed by atoms with Gasteiger partial charge in [-0.1, -0.05) is 6.92 Å². The maximum absolute atomic E-state index is 9.38. The molecule has 1 N–H and O–H groups in total. The van der Waals surface area contributed by atoms with Gasteiger partial charge in [0.1, 0.15) is 0 Å². The van der Waals surface area contributed by atoms with Crippen LogP contribution in [-0.4, -0.2) is 29.9 Å². The molecule has 0 saturated carbocycles. The van der Waals surface area contributed by atoms with Crippen molar-refractivity contribution in [2.24, 2.45) is 0 Å². The fraction of sp³-hybridized carbons (Fsp3) is 0.769. The highest BCUT2D eigenvalue weighted by Gasteiger charge is 2.22. The molecule has 3 nitrogen and oxygen atoms in total. The van der Waals surface area contributed by atoms with E-state index in [-0.39, 0.29) is 12.5 Å². The first-order chi connectivity index (χ1) is 8.26. The van der Waals surface area contributed by atoms with Crippen LogP contribution in [0.25, 0.3) is 0 Å². The molecule has 1 fully saturated rings. The Hall–Kier alpha value is -0.450. The van der Waals surface area contributed by atoms with Crippen LogP contribution in [0.3, 0.4) is 0 Å². The van der Waals surface area contributed by atoms with Crippen molar-refractivity contribution in [2.45, 2.75) is 44.9 Å². The predicted octanol–water partition coefficient (Wildman–Crippen LogP) is 2.83. The Morgan fingerprint density at radius 2 is 2.18 bits per heavy atom. The summed E-state index contributed by atoms with van der Waals surface area (Å²) in [7, 11) is 0. The number of rotatable bonds is 4. The second-order valence-corrected chi connectivity index (χ2v) is 5.74. The van der Waals surface area contributed by atoms with E-state index in [9.17, 15) is 5.11 Å². The molecule has 0 radical (unpaired) electrons. The monoisotopic (exact) mass is 255 g/mol. The summed E-state index contributed by atoms with van der Waals surface area (Å²) in [5, 5.41) is 10.6. The minimum absolute atomic E-state index is 0.229. The quantitative estimate of drug-likeness (QED) is 0.899. The zero-order valence-electron chi connectivity index (χ0n) is 10.6. The summed E-state index contributed by atoms with van der Waals surface area (Å²) in [6, 6.07) is 0. The van der Waals surface area contributed by atoms with Crippen molar-refractivity contribution in [1.82, 2.24) is 4.98 Å². The standard InChI is InChI=1S/C13H21NO2S/c1-3-10(8-15)12-9(2)14-13(17-12)11-4-6-16-7-5-11/h10-11,15H,3-8H2,1-2H3. The minimum atomic E-state index is 0.229. The molecule has 0 spiro atoms. The third kappa shape index (κ3) is 2.87. The number of hydrogen-bond acceptors (Lipinski definition) is 4. The number of aryl methyl sites for hydroxylation is 1. The van der Waals surface area contributed by atoms with Crippen molar-refractivity contribution in [2.75, 3.05) is 19.8 Å². The molecule has 1 atom stereocenters. The first-order valence-corrected chi connectivity index (χ1v) is 7.23. The number of nitrogens with zero attached hydrogens (tertiary/aromatic N) is 1. The first-order valence-electron chi connectivity index (χ1n) is 6.42. The van der Waals surface area contributed by atoms with Crippen LogP contribution in [0.2, 0.25) is 0 Å². The molecule has 0 aromatic carbocycles. The fourth-order valence-electron chi connectivity index (χ4n) is 2.33. The maximum atomic E-state index is 9.38. The zero-order valence-corrected chi connectivity index (χ0v) is 11.4. The van der Waals surface area contributed by atoms with Crippen molar-refractivity contribution in [1.29, 1.82) is 0 Å². The number of hydrogen-bond donors (Lipinski definition) is 1. The molecule has 0 aliphatic carbocycles. The van der Waals surface area contributed by atoms with E-state index in [0.29, 0.717) is 5.92 Å². The smallest absolute Gasteiger partial charge is 0.0963 e. The molecule has 2 rings (SSSR count). The lowest BCUT2D eigenvalue weighted by Gasteiger charge is -2.19. The number of ether oxygens (including phenoxy) is 1. The van der Waals surface area contributed by atoms with Gasteiger partial charge in [0.05, 0.1) is 17.3 Å².